The van der Waals surface area contributed by atoms with Crippen LogP contribution in [0.2, 0.25) is 5.02 Å². The molecule has 23 heavy (non-hydrogen) atoms. The number of rotatable bonds is 4. The Balaban J connectivity index is 1.66. The first-order chi connectivity index (χ1) is 11.1. The Morgan fingerprint density at radius 3 is 2.78 bits per heavy atom. The van der Waals surface area contributed by atoms with E-state index in [0.29, 0.717) is 16.4 Å². The molecule has 1 aromatic carbocycles. The van der Waals surface area contributed by atoms with E-state index in [1.165, 1.54) is 11.3 Å². The molecule has 0 saturated heterocycles. The van der Waals surface area contributed by atoms with Crippen LogP contribution in [-0.2, 0) is 0 Å². The first-order valence-electron chi connectivity index (χ1n) is 6.52. The Labute approximate surface area is 149 Å². The van der Waals surface area contributed by atoms with Crippen LogP contribution in [0.25, 0.3) is 11.3 Å². The van der Waals surface area contributed by atoms with Gasteiger partial charge in [0.25, 0.3) is 5.91 Å². The monoisotopic (exact) mass is 408 g/mol. The molecule has 0 radical (unpaired) electrons. The number of benzene rings is 1. The van der Waals surface area contributed by atoms with Crippen molar-refractivity contribution in [1.82, 2.24) is 15.6 Å². The number of hydrazone groups is 1. The largest absolute Gasteiger partial charge is 0.289 e. The zero-order valence-electron chi connectivity index (χ0n) is 11.6. The summed E-state index contributed by atoms with van der Waals surface area (Å²) in [4.78, 5) is 12.9. The highest BCUT2D eigenvalue weighted by molar-refractivity contribution is 9.11. The van der Waals surface area contributed by atoms with Gasteiger partial charge in [0.15, 0.2) is 0 Å². The molecule has 0 spiro atoms. The lowest BCUT2D eigenvalue weighted by Crippen LogP contribution is -2.17. The lowest BCUT2D eigenvalue weighted by molar-refractivity contribution is 0.0950. The Kier molecular flexibility index (Phi) is 4.90. The molecule has 3 aromatic rings. The Morgan fingerprint density at radius 2 is 2.09 bits per heavy atom. The molecule has 3 rings (SSSR count). The number of halogens is 2. The molecule has 2 aromatic heterocycles. The molecule has 2 N–H and O–H groups in total. The number of thiophene rings is 1. The summed E-state index contributed by atoms with van der Waals surface area (Å²) in [6.07, 6.45) is 1.59. The van der Waals surface area contributed by atoms with Gasteiger partial charge in [-0.1, -0.05) is 23.7 Å². The molecule has 0 saturated carbocycles. The summed E-state index contributed by atoms with van der Waals surface area (Å²) >= 11 is 10.7. The predicted octanol–water partition coefficient (Wildman–Crippen LogP) is 4.32. The maximum atomic E-state index is 12.0. The zero-order chi connectivity index (χ0) is 16.2. The average molecular weight is 410 g/mol. The molecule has 0 atom stereocenters. The third-order valence-electron chi connectivity index (χ3n) is 2.91. The minimum Gasteiger partial charge on any atom is -0.272 e. The fraction of sp³-hybridized carbons (Fsp3) is 0. The van der Waals surface area contributed by atoms with Crippen molar-refractivity contribution in [3.63, 3.8) is 0 Å². The molecule has 0 bridgehead atoms. The van der Waals surface area contributed by atoms with Crippen LogP contribution < -0.4 is 5.43 Å². The molecular formula is C15H10BrClN4OS. The molecular weight excluding hydrogens is 400 g/mol. The van der Waals surface area contributed by atoms with E-state index in [0.717, 1.165) is 14.2 Å². The number of hydrogen-bond donors (Lipinski definition) is 2. The fourth-order valence-corrected chi connectivity index (χ4v) is 3.24. The second-order valence-corrected chi connectivity index (χ2v) is 7.45. The normalized spacial score (nSPS) is 11.0. The summed E-state index contributed by atoms with van der Waals surface area (Å²) in [5, 5.41) is 11.4. The van der Waals surface area contributed by atoms with E-state index in [1.54, 1.807) is 24.4 Å². The van der Waals surface area contributed by atoms with Crippen LogP contribution in [0.5, 0.6) is 0 Å². The van der Waals surface area contributed by atoms with Gasteiger partial charge in [0.1, 0.15) is 5.69 Å². The van der Waals surface area contributed by atoms with Gasteiger partial charge in [0.05, 0.1) is 15.7 Å². The summed E-state index contributed by atoms with van der Waals surface area (Å²) in [7, 11) is 0. The van der Waals surface area contributed by atoms with Gasteiger partial charge in [0.2, 0.25) is 0 Å². The van der Waals surface area contributed by atoms with Crippen LogP contribution >= 0.6 is 38.9 Å². The van der Waals surface area contributed by atoms with Gasteiger partial charge in [-0.3, -0.25) is 9.89 Å². The van der Waals surface area contributed by atoms with E-state index in [2.05, 4.69) is 36.7 Å². The third-order valence-corrected chi connectivity index (χ3v) is 4.72. The van der Waals surface area contributed by atoms with Crippen molar-refractivity contribution in [2.75, 3.05) is 0 Å². The number of amides is 1. The standard InChI is InChI=1S/C15H10BrClN4OS/c16-14-6-5-11(23-14)8-18-21-15(22)13-7-12(19-20-13)9-1-3-10(17)4-2-9/h1-8H,(H,19,20)(H,21,22)/b18-8+. The molecule has 116 valence electrons. The lowest BCUT2D eigenvalue weighted by Gasteiger charge is -1.95. The highest BCUT2D eigenvalue weighted by Gasteiger charge is 2.10. The van der Waals surface area contributed by atoms with Crippen molar-refractivity contribution < 1.29 is 4.79 Å². The summed E-state index contributed by atoms with van der Waals surface area (Å²) in [6, 6.07) is 12.7. The van der Waals surface area contributed by atoms with Crippen molar-refractivity contribution in [2.45, 2.75) is 0 Å². The molecule has 5 nitrogen and oxygen atoms in total. The SMILES string of the molecule is O=C(N/N=C/c1ccc(Br)s1)c1cc(-c2ccc(Cl)cc2)n[nH]1. The van der Waals surface area contributed by atoms with Gasteiger partial charge in [-0.05, 0) is 46.3 Å². The number of aromatic nitrogens is 2. The van der Waals surface area contributed by atoms with Gasteiger partial charge in [0, 0.05) is 15.5 Å². The van der Waals surface area contributed by atoms with Crippen molar-refractivity contribution in [3.05, 3.63) is 61.8 Å². The number of carbonyl (C=O) groups excluding carboxylic acids is 1. The second kappa shape index (κ2) is 7.08. The Bertz CT molecular complexity index is 857. The topological polar surface area (TPSA) is 70.1 Å². The zero-order valence-corrected chi connectivity index (χ0v) is 14.7. The smallest absolute Gasteiger partial charge is 0.272 e. The first kappa shape index (κ1) is 15.9. The lowest BCUT2D eigenvalue weighted by atomic mass is 10.1. The summed E-state index contributed by atoms with van der Waals surface area (Å²) in [6.45, 7) is 0. The maximum Gasteiger partial charge on any atom is 0.289 e. The van der Waals surface area contributed by atoms with Crippen LogP contribution in [0.15, 0.2) is 51.4 Å². The number of H-pyrrole nitrogens is 1. The van der Waals surface area contributed by atoms with Crippen LogP contribution in [0.3, 0.4) is 0 Å². The molecule has 0 fully saturated rings. The number of aromatic amines is 1. The van der Waals surface area contributed by atoms with Crippen molar-refractivity contribution in [1.29, 1.82) is 0 Å². The summed E-state index contributed by atoms with van der Waals surface area (Å²) < 4.78 is 1.01. The summed E-state index contributed by atoms with van der Waals surface area (Å²) in [5.41, 5.74) is 4.33. The van der Waals surface area contributed by atoms with Gasteiger partial charge >= 0.3 is 0 Å². The first-order valence-corrected chi connectivity index (χ1v) is 8.50. The molecule has 0 aliphatic carbocycles. The molecule has 0 aliphatic heterocycles. The van der Waals surface area contributed by atoms with Crippen molar-refractivity contribution in [2.24, 2.45) is 5.10 Å². The minimum atomic E-state index is -0.357. The Morgan fingerprint density at radius 1 is 1.30 bits per heavy atom. The van der Waals surface area contributed by atoms with E-state index in [-0.39, 0.29) is 5.91 Å². The Hall–Kier alpha value is -1.96. The highest BCUT2D eigenvalue weighted by Crippen LogP contribution is 2.21. The van der Waals surface area contributed by atoms with Gasteiger partial charge in [-0.2, -0.15) is 10.2 Å². The molecule has 0 aliphatic rings. The van der Waals surface area contributed by atoms with E-state index in [4.69, 9.17) is 11.6 Å². The van der Waals surface area contributed by atoms with E-state index < -0.39 is 0 Å². The highest BCUT2D eigenvalue weighted by atomic mass is 79.9. The van der Waals surface area contributed by atoms with Crippen LogP contribution in [0.4, 0.5) is 0 Å². The molecule has 2 heterocycles. The van der Waals surface area contributed by atoms with Crippen molar-refractivity contribution in [3.8, 4) is 11.3 Å². The number of hydrogen-bond acceptors (Lipinski definition) is 4. The van der Waals surface area contributed by atoms with Gasteiger partial charge in [-0.25, -0.2) is 5.43 Å². The van der Waals surface area contributed by atoms with Crippen LogP contribution in [0, 0.1) is 0 Å². The van der Waals surface area contributed by atoms with E-state index in [1.807, 2.05) is 24.3 Å². The third kappa shape index (κ3) is 4.07. The van der Waals surface area contributed by atoms with E-state index in [9.17, 15) is 4.79 Å². The fourth-order valence-electron chi connectivity index (χ4n) is 1.82. The molecule has 8 heteroatoms. The van der Waals surface area contributed by atoms with Crippen LogP contribution in [0.1, 0.15) is 15.4 Å². The van der Waals surface area contributed by atoms with Crippen LogP contribution in [-0.4, -0.2) is 22.3 Å². The number of nitrogens with zero attached hydrogens (tertiary/aromatic N) is 2. The van der Waals surface area contributed by atoms with E-state index >= 15 is 0 Å². The predicted molar refractivity (Wildman–Crippen MR) is 96.1 cm³/mol. The molecule has 0 unspecified atom stereocenters. The minimum absolute atomic E-state index is 0.333. The number of nitrogens with one attached hydrogen (secondary N) is 2. The maximum absolute atomic E-state index is 12.0. The summed E-state index contributed by atoms with van der Waals surface area (Å²) in [5.74, 6) is -0.357. The number of carbonyl (C=O) groups is 1. The van der Waals surface area contributed by atoms with Crippen molar-refractivity contribution >= 4 is 51.0 Å². The second-order valence-electron chi connectivity index (χ2n) is 4.51. The van der Waals surface area contributed by atoms with Gasteiger partial charge in [-0.15, -0.1) is 11.3 Å². The quantitative estimate of drug-likeness (QED) is 0.498. The average Bonchev–Trinajstić information content (AvgIpc) is 3.17. The van der Waals surface area contributed by atoms with Gasteiger partial charge < -0.3 is 0 Å². The molecule has 1 amide bonds.